The van der Waals surface area contributed by atoms with Crippen LogP contribution in [0.25, 0.3) is 0 Å². The van der Waals surface area contributed by atoms with E-state index >= 15 is 0 Å². The molecule has 0 aliphatic carbocycles. The first-order valence-electron chi connectivity index (χ1n) is 5.65. The number of carboxylic acids is 2. The average Bonchev–Trinajstić information content (AvgIpc) is 2.28. The zero-order valence-corrected chi connectivity index (χ0v) is 10.4. The second kappa shape index (κ2) is 8.84. The zero-order chi connectivity index (χ0) is 14.0. The number of aliphatic hydroxyl groups excluding tert-OH is 1. The Kier molecular flexibility index (Phi) is 8.27. The van der Waals surface area contributed by atoms with Crippen LogP contribution in [0.2, 0.25) is 0 Å². The Balaban J connectivity index is 4.30. The van der Waals surface area contributed by atoms with Crippen molar-refractivity contribution in [2.24, 2.45) is 5.41 Å². The van der Waals surface area contributed by atoms with Crippen LogP contribution in [0.1, 0.15) is 19.8 Å². The van der Waals surface area contributed by atoms with Crippen molar-refractivity contribution in [3.63, 3.8) is 0 Å². The normalized spacial score (nSPS) is 11.4. The highest BCUT2D eigenvalue weighted by Crippen LogP contribution is 2.24. The predicted octanol–water partition coefficient (Wildman–Crippen LogP) is -0.0324. The summed E-state index contributed by atoms with van der Waals surface area (Å²) in [6.45, 7) is 0.778. The Morgan fingerprint density at radius 2 is 1.50 bits per heavy atom. The van der Waals surface area contributed by atoms with Crippen LogP contribution in [0.5, 0.6) is 0 Å². The van der Waals surface area contributed by atoms with Gasteiger partial charge < -0.3 is 24.8 Å². The minimum Gasteiger partial charge on any atom is -0.480 e. The van der Waals surface area contributed by atoms with Gasteiger partial charge in [0, 0.05) is 5.41 Å². The van der Waals surface area contributed by atoms with Gasteiger partial charge in [-0.15, -0.1) is 0 Å². The van der Waals surface area contributed by atoms with Crippen LogP contribution < -0.4 is 0 Å². The van der Waals surface area contributed by atoms with Gasteiger partial charge in [0.25, 0.3) is 0 Å². The Hall–Kier alpha value is -1.18. The maximum Gasteiger partial charge on any atom is 0.329 e. The minimum atomic E-state index is -1.09. The van der Waals surface area contributed by atoms with E-state index in [1.165, 1.54) is 0 Å². The molecule has 0 rings (SSSR count). The third kappa shape index (κ3) is 7.21. The summed E-state index contributed by atoms with van der Waals surface area (Å²) in [5.41, 5.74) is -0.750. The lowest BCUT2D eigenvalue weighted by Crippen LogP contribution is -2.37. The molecule has 3 N–H and O–H groups in total. The van der Waals surface area contributed by atoms with Gasteiger partial charge in [-0.2, -0.15) is 0 Å². The summed E-state index contributed by atoms with van der Waals surface area (Å²) >= 11 is 0. The van der Waals surface area contributed by atoms with E-state index in [0.717, 1.165) is 6.42 Å². The Morgan fingerprint density at radius 3 is 1.78 bits per heavy atom. The summed E-state index contributed by atoms with van der Waals surface area (Å²) in [5, 5.41) is 26.3. The lowest BCUT2D eigenvalue weighted by Gasteiger charge is -2.30. The van der Waals surface area contributed by atoms with E-state index < -0.39 is 30.6 Å². The molecule has 0 atom stereocenters. The van der Waals surface area contributed by atoms with Gasteiger partial charge in [0.1, 0.15) is 13.2 Å². The molecule has 0 saturated heterocycles. The molecule has 18 heavy (non-hydrogen) atoms. The maximum atomic E-state index is 10.3. The summed E-state index contributed by atoms with van der Waals surface area (Å²) in [4.78, 5) is 20.7. The minimum absolute atomic E-state index is 0.0171. The van der Waals surface area contributed by atoms with E-state index in [1.54, 1.807) is 0 Å². The maximum absolute atomic E-state index is 10.3. The lowest BCUT2D eigenvalue weighted by molar-refractivity contribution is -0.147. The Bertz CT molecular complexity index is 244. The second-order valence-electron chi connectivity index (χ2n) is 4.18. The van der Waals surface area contributed by atoms with Crippen molar-refractivity contribution in [1.82, 2.24) is 0 Å². The molecule has 0 bridgehead atoms. The summed E-state index contributed by atoms with van der Waals surface area (Å²) in [7, 11) is 0. The smallest absolute Gasteiger partial charge is 0.329 e. The first-order chi connectivity index (χ1) is 8.45. The monoisotopic (exact) mass is 264 g/mol. The largest absolute Gasteiger partial charge is 0.480 e. The van der Waals surface area contributed by atoms with Gasteiger partial charge in [0.2, 0.25) is 0 Å². The van der Waals surface area contributed by atoms with Crippen molar-refractivity contribution in [2.45, 2.75) is 19.8 Å². The van der Waals surface area contributed by atoms with E-state index in [4.69, 9.17) is 19.7 Å². The molecule has 0 saturated carbocycles. The average molecular weight is 264 g/mol. The fourth-order valence-corrected chi connectivity index (χ4v) is 1.60. The van der Waals surface area contributed by atoms with Crippen LogP contribution in [-0.4, -0.2) is 60.3 Å². The van der Waals surface area contributed by atoms with Crippen LogP contribution >= 0.6 is 0 Å². The van der Waals surface area contributed by atoms with Crippen LogP contribution in [0.4, 0.5) is 0 Å². The van der Waals surface area contributed by atoms with Crippen LogP contribution in [0, 0.1) is 5.41 Å². The molecule has 106 valence electrons. The highest BCUT2D eigenvalue weighted by Gasteiger charge is 2.30. The molecule has 0 heterocycles. The van der Waals surface area contributed by atoms with Crippen LogP contribution in [-0.2, 0) is 19.1 Å². The number of hydrogen-bond acceptors (Lipinski definition) is 5. The van der Waals surface area contributed by atoms with Gasteiger partial charge >= 0.3 is 11.9 Å². The first-order valence-corrected chi connectivity index (χ1v) is 5.65. The van der Waals surface area contributed by atoms with Crippen molar-refractivity contribution in [3.8, 4) is 0 Å². The van der Waals surface area contributed by atoms with E-state index in [-0.39, 0.29) is 19.8 Å². The van der Waals surface area contributed by atoms with Gasteiger partial charge in [-0.25, -0.2) is 9.59 Å². The Morgan fingerprint density at radius 1 is 1.06 bits per heavy atom. The summed E-state index contributed by atoms with van der Waals surface area (Å²) in [5.74, 6) is -2.19. The summed E-state index contributed by atoms with van der Waals surface area (Å²) in [6.07, 6.45) is 1.30. The SMILES string of the molecule is CCCC(CO)(COCC(=O)O)COCC(=O)O. The molecule has 0 radical (unpaired) electrons. The number of aliphatic hydroxyl groups is 1. The number of aliphatic carboxylic acids is 2. The highest BCUT2D eigenvalue weighted by atomic mass is 16.5. The van der Waals surface area contributed by atoms with Gasteiger partial charge in [0.15, 0.2) is 0 Å². The van der Waals surface area contributed by atoms with Crippen molar-refractivity contribution >= 4 is 11.9 Å². The molecule has 7 heteroatoms. The fraction of sp³-hybridized carbons (Fsp3) is 0.818. The van der Waals surface area contributed by atoms with E-state index in [1.807, 2.05) is 6.92 Å². The third-order valence-electron chi connectivity index (χ3n) is 2.38. The second-order valence-corrected chi connectivity index (χ2v) is 4.18. The number of hydrogen-bond donors (Lipinski definition) is 3. The molecule has 0 fully saturated rings. The first kappa shape index (κ1) is 16.8. The number of rotatable bonds is 11. The standard InChI is InChI=1S/C11H20O7/c1-2-3-11(6-12,7-17-4-9(13)14)8-18-5-10(15)16/h12H,2-8H2,1H3,(H,13,14)(H,15,16). The molecule has 0 aliphatic rings. The number of carboxylic acid groups (broad SMARTS) is 2. The van der Waals surface area contributed by atoms with Crippen molar-refractivity contribution in [3.05, 3.63) is 0 Å². The van der Waals surface area contributed by atoms with Crippen LogP contribution in [0.15, 0.2) is 0 Å². The molecule has 0 aromatic rings. The third-order valence-corrected chi connectivity index (χ3v) is 2.38. The molecule has 0 aromatic heterocycles. The van der Waals surface area contributed by atoms with Crippen molar-refractivity contribution < 1.29 is 34.4 Å². The molecule has 0 spiro atoms. The highest BCUT2D eigenvalue weighted by molar-refractivity contribution is 5.68. The van der Waals surface area contributed by atoms with Crippen molar-refractivity contribution in [2.75, 3.05) is 33.0 Å². The molecule has 0 aliphatic heterocycles. The van der Waals surface area contributed by atoms with Gasteiger partial charge in [0.05, 0.1) is 19.8 Å². The Labute approximate surface area is 105 Å². The summed E-state index contributed by atoms with van der Waals surface area (Å²) in [6, 6.07) is 0. The molecule has 0 unspecified atom stereocenters. The van der Waals surface area contributed by atoms with Gasteiger partial charge in [-0.1, -0.05) is 13.3 Å². The molecule has 7 nitrogen and oxygen atoms in total. The number of ether oxygens (including phenoxy) is 2. The fourth-order valence-electron chi connectivity index (χ4n) is 1.60. The molecular formula is C11H20O7. The van der Waals surface area contributed by atoms with Gasteiger partial charge in [-0.05, 0) is 6.42 Å². The predicted molar refractivity (Wildman–Crippen MR) is 61.3 cm³/mol. The molecule has 0 amide bonds. The van der Waals surface area contributed by atoms with Crippen LogP contribution in [0.3, 0.4) is 0 Å². The summed E-state index contributed by atoms with van der Waals surface area (Å²) < 4.78 is 9.95. The number of carbonyl (C=O) groups is 2. The zero-order valence-electron chi connectivity index (χ0n) is 10.4. The lowest BCUT2D eigenvalue weighted by atomic mass is 9.86. The van der Waals surface area contributed by atoms with E-state index in [0.29, 0.717) is 6.42 Å². The topological polar surface area (TPSA) is 113 Å². The van der Waals surface area contributed by atoms with E-state index in [9.17, 15) is 14.7 Å². The van der Waals surface area contributed by atoms with Gasteiger partial charge in [-0.3, -0.25) is 0 Å². The quantitative estimate of drug-likeness (QED) is 0.480. The van der Waals surface area contributed by atoms with Crippen molar-refractivity contribution in [1.29, 1.82) is 0 Å². The molecular weight excluding hydrogens is 244 g/mol. The molecule has 0 aromatic carbocycles. The van der Waals surface area contributed by atoms with E-state index in [2.05, 4.69) is 0 Å².